The van der Waals surface area contributed by atoms with Crippen molar-refractivity contribution in [2.24, 2.45) is 0 Å². The average Bonchev–Trinajstić information content (AvgIpc) is 2.50. The first-order valence-corrected chi connectivity index (χ1v) is 7.43. The Labute approximate surface area is 134 Å². The lowest BCUT2D eigenvalue weighted by molar-refractivity contribution is 0.255. The van der Waals surface area contributed by atoms with Gasteiger partial charge in [0.15, 0.2) is 11.5 Å². The summed E-state index contributed by atoms with van der Waals surface area (Å²) in [5, 5.41) is 0. The lowest BCUT2D eigenvalue weighted by Gasteiger charge is -2.23. The summed E-state index contributed by atoms with van der Waals surface area (Å²) in [6.45, 7) is 6.25. The van der Waals surface area contributed by atoms with Crippen LogP contribution in [0.15, 0.2) is 24.3 Å². The zero-order valence-corrected chi connectivity index (χ0v) is 13.5. The molecule has 0 aliphatic carbocycles. The Bertz CT molecular complexity index is 461. The fourth-order valence-electron chi connectivity index (χ4n) is 2.29. The molecule has 1 saturated heterocycles. The van der Waals surface area contributed by atoms with Crippen LogP contribution in [-0.4, -0.2) is 37.7 Å². The molecule has 1 aromatic carbocycles. The highest BCUT2D eigenvalue weighted by Crippen LogP contribution is 2.25. The minimum atomic E-state index is 0. The van der Waals surface area contributed by atoms with Crippen molar-refractivity contribution in [3.8, 4) is 23.3 Å². The van der Waals surface area contributed by atoms with Crippen LogP contribution in [0.2, 0.25) is 0 Å². The first-order chi connectivity index (χ1) is 9.90. The van der Waals surface area contributed by atoms with Gasteiger partial charge in [0, 0.05) is 0 Å². The van der Waals surface area contributed by atoms with Gasteiger partial charge in [-0.25, -0.2) is 0 Å². The van der Waals surface area contributed by atoms with Gasteiger partial charge in [-0.15, -0.1) is 12.4 Å². The average molecular weight is 310 g/mol. The predicted octanol–water partition coefficient (Wildman–Crippen LogP) is 3.38. The van der Waals surface area contributed by atoms with Crippen molar-refractivity contribution in [3.63, 3.8) is 0 Å². The molecule has 3 nitrogen and oxygen atoms in total. The molecule has 0 aromatic heterocycles. The molecule has 0 radical (unpaired) electrons. The van der Waals surface area contributed by atoms with E-state index >= 15 is 0 Å². The predicted molar refractivity (Wildman–Crippen MR) is 88.4 cm³/mol. The van der Waals surface area contributed by atoms with Crippen LogP contribution in [0.3, 0.4) is 0 Å². The zero-order valence-electron chi connectivity index (χ0n) is 12.6. The second-order valence-electron chi connectivity index (χ2n) is 4.86. The quantitative estimate of drug-likeness (QED) is 0.778. The number of para-hydroxylation sites is 2. The fraction of sp³-hybridized carbons (Fsp3) is 0.529. The molecular weight excluding hydrogens is 286 g/mol. The Morgan fingerprint density at radius 1 is 1.00 bits per heavy atom. The minimum absolute atomic E-state index is 0. The molecule has 0 bridgehead atoms. The van der Waals surface area contributed by atoms with Crippen molar-refractivity contribution in [2.75, 3.05) is 32.8 Å². The van der Waals surface area contributed by atoms with E-state index in [0.717, 1.165) is 18.0 Å². The second-order valence-corrected chi connectivity index (χ2v) is 4.86. The minimum Gasteiger partial charge on any atom is -0.490 e. The van der Waals surface area contributed by atoms with E-state index in [0.29, 0.717) is 13.2 Å². The maximum absolute atomic E-state index is 5.66. The molecule has 0 saturated carbocycles. The Kier molecular flexibility index (Phi) is 8.73. The smallest absolute Gasteiger partial charge is 0.162 e. The Balaban J connectivity index is 0.00000220. The lowest BCUT2D eigenvalue weighted by atomic mass is 10.1. The van der Waals surface area contributed by atoms with Crippen LogP contribution < -0.4 is 9.47 Å². The van der Waals surface area contributed by atoms with Crippen LogP contribution in [-0.2, 0) is 0 Å². The van der Waals surface area contributed by atoms with Crippen LogP contribution in [0.1, 0.15) is 26.2 Å². The summed E-state index contributed by atoms with van der Waals surface area (Å²) in [5.74, 6) is 7.82. The van der Waals surface area contributed by atoms with Crippen molar-refractivity contribution < 1.29 is 9.47 Å². The number of hydrogen-bond donors (Lipinski definition) is 0. The van der Waals surface area contributed by atoms with Gasteiger partial charge in [-0.05, 0) is 45.0 Å². The van der Waals surface area contributed by atoms with E-state index < -0.39 is 0 Å². The molecule has 1 heterocycles. The molecule has 0 unspecified atom stereocenters. The monoisotopic (exact) mass is 309 g/mol. The van der Waals surface area contributed by atoms with Crippen molar-refractivity contribution in [3.05, 3.63) is 24.3 Å². The van der Waals surface area contributed by atoms with Gasteiger partial charge in [0.1, 0.15) is 6.61 Å². The topological polar surface area (TPSA) is 21.7 Å². The molecule has 1 aliphatic heterocycles. The largest absolute Gasteiger partial charge is 0.490 e. The lowest BCUT2D eigenvalue weighted by Crippen LogP contribution is -2.29. The molecule has 4 heteroatoms. The molecule has 0 amide bonds. The Morgan fingerprint density at radius 2 is 1.67 bits per heavy atom. The highest BCUT2D eigenvalue weighted by molar-refractivity contribution is 5.85. The van der Waals surface area contributed by atoms with E-state index in [2.05, 4.69) is 16.7 Å². The summed E-state index contributed by atoms with van der Waals surface area (Å²) in [6.07, 6.45) is 3.97. The normalized spacial score (nSPS) is 14.5. The number of nitrogens with zero attached hydrogens (tertiary/aromatic N) is 1. The molecule has 1 aliphatic rings. The van der Waals surface area contributed by atoms with Crippen LogP contribution in [0.5, 0.6) is 11.5 Å². The van der Waals surface area contributed by atoms with E-state index in [-0.39, 0.29) is 12.4 Å². The van der Waals surface area contributed by atoms with Gasteiger partial charge in [-0.3, -0.25) is 4.90 Å². The zero-order chi connectivity index (χ0) is 14.0. The SMILES string of the molecule is CCOc1ccccc1OCC#CCN1CCCCC1.Cl. The molecule has 21 heavy (non-hydrogen) atoms. The van der Waals surface area contributed by atoms with Crippen LogP contribution in [0.4, 0.5) is 0 Å². The number of ether oxygens (including phenoxy) is 2. The number of likely N-dealkylation sites (tertiary alicyclic amines) is 1. The number of benzene rings is 1. The van der Waals surface area contributed by atoms with Gasteiger partial charge in [0.2, 0.25) is 0 Å². The van der Waals surface area contributed by atoms with E-state index in [4.69, 9.17) is 9.47 Å². The summed E-state index contributed by atoms with van der Waals surface area (Å²) >= 11 is 0. The number of hydrogen-bond acceptors (Lipinski definition) is 3. The van der Waals surface area contributed by atoms with Crippen molar-refractivity contribution in [1.29, 1.82) is 0 Å². The summed E-state index contributed by atoms with van der Waals surface area (Å²) in [5.41, 5.74) is 0. The molecule has 1 fully saturated rings. The van der Waals surface area contributed by atoms with Gasteiger partial charge in [-0.2, -0.15) is 0 Å². The molecule has 0 spiro atoms. The summed E-state index contributed by atoms with van der Waals surface area (Å²) < 4.78 is 11.2. The summed E-state index contributed by atoms with van der Waals surface area (Å²) in [4.78, 5) is 2.41. The summed E-state index contributed by atoms with van der Waals surface area (Å²) in [6, 6.07) is 7.72. The number of rotatable bonds is 5. The molecule has 116 valence electrons. The summed E-state index contributed by atoms with van der Waals surface area (Å²) in [7, 11) is 0. The van der Waals surface area contributed by atoms with E-state index in [1.165, 1.54) is 32.4 Å². The van der Waals surface area contributed by atoms with Crippen molar-refractivity contribution >= 4 is 12.4 Å². The van der Waals surface area contributed by atoms with E-state index in [9.17, 15) is 0 Å². The highest BCUT2D eigenvalue weighted by atomic mass is 35.5. The van der Waals surface area contributed by atoms with E-state index in [1.807, 2.05) is 31.2 Å². The standard InChI is InChI=1S/C17H23NO2.ClH/c1-2-19-16-10-4-5-11-17(16)20-15-9-8-14-18-12-6-3-7-13-18;/h4-5,10-11H,2-3,6-7,12-15H2,1H3;1H. The highest BCUT2D eigenvalue weighted by Gasteiger charge is 2.07. The molecule has 0 atom stereocenters. The van der Waals surface area contributed by atoms with Gasteiger partial charge in [-0.1, -0.05) is 30.4 Å². The maximum atomic E-state index is 5.66. The van der Waals surface area contributed by atoms with Crippen LogP contribution in [0, 0.1) is 11.8 Å². The third-order valence-electron chi connectivity index (χ3n) is 3.33. The van der Waals surface area contributed by atoms with Gasteiger partial charge >= 0.3 is 0 Å². The van der Waals surface area contributed by atoms with Gasteiger partial charge in [0.05, 0.1) is 13.2 Å². The first kappa shape index (κ1) is 17.7. The number of piperidine rings is 1. The molecule has 1 aromatic rings. The maximum Gasteiger partial charge on any atom is 0.162 e. The molecular formula is C17H24ClNO2. The van der Waals surface area contributed by atoms with E-state index in [1.54, 1.807) is 0 Å². The van der Waals surface area contributed by atoms with Crippen LogP contribution in [0.25, 0.3) is 0 Å². The Hall–Kier alpha value is -1.37. The molecule has 2 rings (SSSR count). The third-order valence-corrected chi connectivity index (χ3v) is 3.33. The van der Waals surface area contributed by atoms with Gasteiger partial charge in [0.25, 0.3) is 0 Å². The second kappa shape index (κ2) is 10.4. The van der Waals surface area contributed by atoms with Crippen molar-refractivity contribution in [2.45, 2.75) is 26.2 Å². The molecule has 0 N–H and O–H groups in total. The van der Waals surface area contributed by atoms with Crippen molar-refractivity contribution in [1.82, 2.24) is 4.90 Å². The van der Waals surface area contributed by atoms with Crippen LogP contribution >= 0.6 is 12.4 Å². The number of halogens is 1. The first-order valence-electron chi connectivity index (χ1n) is 7.43. The third kappa shape index (κ3) is 6.29. The van der Waals surface area contributed by atoms with Gasteiger partial charge < -0.3 is 9.47 Å². The fourth-order valence-corrected chi connectivity index (χ4v) is 2.29. The Morgan fingerprint density at radius 3 is 2.33 bits per heavy atom.